The molecule has 0 amide bonds. The standard InChI is InChI=1S/C10H17N/c1-10(2,3)6-4-9-5-7-11-8-9/h5,7-9H,4,6H2,1-3H3. The zero-order chi connectivity index (χ0) is 8.32. The van der Waals surface area contributed by atoms with Crippen LogP contribution in [0.1, 0.15) is 33.6 Å². The highest BCUT2D eigenvalue weighted by atomic mass is 14.7. The van der Waals surface area contributed by atoms with Gasteiger partial charge in [0.25, 0.3) is 0 Å². The normalized spacial score (nSPS) is 23.0. The Hall–Kier alpha value is -0.590. The van der Waals surface area contributed by atoms with Crippen molar-refractivity contribution in [3.05, 3.63) is 12.3 Å². The summed E-state index contributed by atoms with van der Waals surface area (Å²) in [7, 11) is 0. The molecular formula is C10H17N. The maximum atomic E-state index is 4.06. The van der Waals surface area contributed by atoms with Crippen LogP contribution in [0.3, 0.4) is 0 Å². The first-order chi connectivity index (χ1) is 5.08. The van der Waals surface area contributed by atoms with Gasteiger partial charge in [0.2, 0.25) is 0 Å². The van der Waals surface area contributed by atoms with Gasteiger partial charge in [-0.25, -0.2) is 0 Å². The van der Waals surface area contributed by atoms with Crippen molar-refractivity contribution in [2.75, 3.05) is 0 Å². The van der Waals surface area contributed by atoms with Crippen LogP contribution in [0.15, 0.2) is 17.3 Å². The van der Waals surface area contributed by atoms with E-state index in [4.69, 9.17) is 0 Å². The van der Waals surface area contributed by atoms with Crippen LogP contribution < -0.4 is 0 Å². The summed E-state index contributed by atoms with van der Waals surface area (Å²) in [6.07, 6.45) is 8.61. The van der Waals surface area contributed by atoms with Gasteiger partial charge in [0.05, 0.1) is 0 Å². The molecule has 0 aromatic carbocycles. The second-order valence-electron chi connectivity index (χ2n) is 4.40. The van der Waals surface area contributed by atoms with Gasteiger partial charge in [-0.2, -0.15) is 0 Å². The molecule has 1 unspecified atom stereocenters. The Kier molecular flexibility index (Phi) is 2.48. The molecule has 0 aromatic heterocycles. The first-order valence-electron chi connectivity index (χ1n) is 4.28. The molecule has 0 spiro atoms. The van der Waals surface area contributed by atoms with Crippen molar-refractivity contribution >= 4 is 6.21 Å². The number of hydrogen-bond acceptors (Lipinski definition) is 1. The van der Waals surface area contributed by atoms with Gasteiger partial charge in [-0.3, -0.25) is 4.99 Å². The molecule has 1 nitrogen and oxygen atoms in total. The summed E-state index contributed by atoms with van der Waals surface area (Å²) in [5, 5.41) is 0. The average Bonchev–Trinajstić information content (AvgIpc) is 2.32. The zero-order valence-corrected chi connectivity index (χ0v) is 7.67. The molecule has 0 aromatic rings. The molecule has 0 bridgehead atoms. The Morgan fingerprint density at radius 1 is 1.36 bits per heavy atom. The van der Waals surface area contributed by atoms with E-state index in [9.17, 15) is 0 Å². The van der Waals surface area contributed by atoms with E-state index in [1.165, 1.54) is 12.8 Å². The highest BCUT2D eigenvalue weighted by molar-refractivity contribution is 5.66. The quantitative estimate of drug-likeness (QED) is 0.575. The first kappa shape index (κ1) is 8.51. The van der Waals surface area contributed by atoms with Crippen molar-refractivity contribution in [1.82, 2.24) is 0 Å². The van der Waals surface area contributed by atoms with Gasteiger partial charge in [0.15, 0.2) is 0 Å². The molecule has 62 valence electrons. The third-order valence-electron chi connectivity index (χ3n) is 1.92. The minimum atomic E-state index is 0.463. The van der Waals surface area contributed by atoms with Gasteiger partial charge >= 0.3 is 0 Å². The average molecular weight is 151 g/mol. The van der Waals surface area contributed by atoms with E-state index in [1.807, 2.05) is 12.4 Å². The molecule has 0 N–H and O–H groups in total. The fourth-order valence-corrected chi connectivity index (χ4v) is 1.14. The van der Waals surface area contributed by atoms with Crippen LogP contribution in [0, 0.1) is 11.3 Å². The largest absolute Gasteiger partial charge is 0.269 e. The van der Waals surface area contributed by atoms with Crippen LogP contribution >= 0.6 is 0 Å². The summed E-state index contributed by atoms with van der Waals surface area (Å²) in [5.74, 6) is 0.606. The van der Waals surface area contributed by atoms with Crippen molar-refractivity contribution in [1.29, 1.82) is 0 Å². The second kappa shape index (κ2) is 3.21. The molecule has 0 saturated heterocycles. The van der Waals surface area contributed by atoms with E-state index in [0.29, 0.717) is 11.3 Å². The van der Waals surface area contributed by atoms with Gasteiger partial charge in [-0.15, -0.1) is 0 Å². The molecule has 1 heterocycles. The summed E-state index contributed by atoms with van der Waals surface area (Å²) >= 11 is 0. The Bertz CT molecular complexity index is 160. The van der Waals surface area contributed by atoms with Crippen molar-refractivity contribution in [3.8, 4) is 0 Å². The van der Waals surface area contributed by atoms with Gasteiger partial charge in [-0.1, -0.05) is 26.8 Å². The molecule has 1 aliphatic rings. The van der Waals surface area contributed by atoms with E-state index < -0.39 is 0 Å². The number of nitrogens with zero attached hydrogens (tertiary/aromatic N) is 1. The zero-order valence-electron chi connectivity index (χ0n) is 7.67. The molecule has 1 heteroatoms. The van der Waals surface area contributed by atoms with Crippen molar-refractivity contribution < 1.29 is 0 Å². The Morgan fingerprint density at radius 3 is 2.55 bits per heavy atom. The van der Waals surface area contributed by atoms with E-state index in [-0.39, 0.29) is 0 Å². The van der Waals surface area contributed by atoms with Crippen molar-refractivity contribution in [2.45, 2.75) is 33.6 Å². The lowest BCUT2D eigenvalue weighted by Crippen LogP contribution is -2.07. The minimum Gasteiger partial charge on any atom is -0.269 e. The third kappa shape index (κ3) is 3.35. The van der Waals surface area contributed by atoms with Crippen molar-refractivity contribution in [2.24, 2.45) is 16.3 Å². The Labute approximate surface area is 69.2 Å². The molecule has 0 aliphatic carbocycles. The molecule has 11 heavy (non-hydrogen) atoms. The van der Waals surface area contributed by atoms with E-state index in [0.717, 1.165) is 0 Å². The van der Waals surface area contributed by atoms with Gasteiger partial charge in [0.1, 0.15) is 0 Å². The molecule has 1 aliphatic heterocycles. The molecule has 1 rings (SSSR count). The third-order valence-corrected chi connectivity index (χ3v) is 1.92. The lowest BCUT2D eigenvalue weighted by atomic mass is 9.87. The number of rotatable bonds is 2. The number of aliphatic imine (C=N–C) groups is 1. The lowest BCUT2D eigenvalue weighted by Gasteiger charge is -2.18. The fraction of sp³-hybridized carbons (Fsp3) is 0.700. The Morgan fingerprint density at radius 2 is 2.09 bits per heavy atom. The smallest absolute Gasteiger partial charge is 0.0230 e. The summed E-state index contributed by atoms with van der Waals surface area (Å²) in [6, 6.07) is 0. The SMILES string of the molecule is CC(C)(C)CCC1C=CN=C1. The number of hydrogen-bond donors (Lipinski definition) is 0. The monoisotopic (exact) mass is 151 g/mol. The van der Waals surface area contributed by atoms with Crippen LogP contribution in [0.25, 0.3) is 0 Å². The van der Waals surface area contributed by atoms with Gasteiger partial charge in [-0.05, 0) is 18.3 Å². The fourth-order valence-electron chi connectivity index (χ4n) is 1.14. The molecular weight excluding hydrogens is 134 g/mol. The first-order valence-corrected chi connectivity index (χ1v) is 4.28. The second-order valence-corrected chi connectivity index (χ2v) is 4.40. The maximum Gasteiger partial charge on any atom is 0.0230 e. The topological polar surface area (TPSA) is 12.4 Å². The van der Waals surface area contributed by atoms with Gasteiger partial charge < -0.3 is 0 Å². The molecule has 0 radical (unpaired) electrons. The van der Waals surface area contributed by atoms with E-state index >= 15 is 0 Å². The van der Waals surface area contributed by atoms with E-state index in [2.05, 4.69) is 31.8 Å². The highest BCUT2D eigenvalue weighted by Crippen LogP contribution is 2.24. The van der Waals surface area contributed by atoms with Crippen LogP contribution in [-0.4, -0.2) is 6.21 Å². The van der Waals surface area contributed by atoms with Crippen LogP contribution in [0.5, 0.6) is 0 Å². The molecule has 0 fully saturated rings. The van der Waals surface area contributed by atoms with Crippen LogP contribution in [0.4, 0.5) is 0 Å². The number of allylic oxidation sites excluding steroid dienone is 1. The summed E-state index contributed by atoms with van der Waals surface area (Å²) in [6.45, 7) is 6.84. The minimum absolute atomic E-state index is 0.463. The summed E-state index contributed by atoms with van der Waals surface area (Å²) in [4.78, 5) is 4.06. The molecule has 1 atom stereocenters. The van der Waals surface area contributed by atoms with Crippen LogP contribution in [-0.2, 0) is 0 Å². The maximum absolute atomic E-state index is 4.06. The molecule has 0 saturated carbocycles. The lowest BCUT2D eigenvalue weighted by molar-refractivity contribution is 0.358. The highest BCUT2D eigenvalue weighted by Gasteiger charge is 2.13. The Balaban J connectivity index is 2.23. The van der Waals surface area contributed by atoms with E-state index in [1.54, 1.807) is 0 Å². The summed E-state index contributed by atoms with van der Waals surface area (Å²) < 4.78 is 0. The van der Waals surface area contributed by atoms with Gasteiger partial charge in [0, 0.05) is 18.3 Å². The van der Waals surface area contributed by atoms with Crippen LogP contribution in [0.2, 0.25) is 0 Å². The predicted octanol–water partition coefficient (Wildman–Crippen LogP) is 3.03. The predicted molar refractivity (Wildman–Crippen MR) is 49.8 cm³/mol. The van der Waals surface area contributed by atoms with Crippen molar-refractivity contribution in [3.63, 3.8) is 0 Å². The summed E-state index contributed by atoms with van der Waals surface area (Å²) in [5.41, 5.74) is 0.463.